The molecule has 0 radical (unpaired) electrons. The van der Waals surface area contributed by atoms with E-state index < -0.39 is 0 Å². The Morgan fingerprint density at radius 3 is 2.79 bits per heavy atom. The molecule has 0 amide bonds. The molecule has 0 fully saturated rings. The summed E-state index contributed by atoms with van der Waals surface area (Å²) in [7, 11) is 0. The first-order valence-corrected chi connectivity index (χ1v) is 7.38. The molecular formula is C16H19BrN2. The zero-order chi connectivity index (χ0) is 13.7. The van der Waals surface area contributed by atoms with E-state index in [-0.39, 0.29) is 0 Å². The zero-order valence-electron chi connectivity index (χ0n) is 11.4. The van der Waals surface area contributed by atoms with Crippen LogP contribution in [-0.2, 0) is 6.42 Å². The summed E-state index contributed by atoms with van der Waals surface area (Å²) in [6, 6.07) is 11.0. The fraction of sp³-hybridized carbons (Fsp3) is 0.312. The molecule has 0 aliphatic rings. The molecule has 3 heteroatoms. The highest BCUT2D eigenvalue weighted by Gasteiger charge is 2.12. The fourth-order valence-electron chi connectivity index (χ4n) is 2.19. The van der Waals surface area contributed by atoms with Crippen molar-refractivity contribution in [1.82, 2.24) is 10.3 Å². The van der Waals surface area contributed by atoms with E-state index in [1.165, 1.54) is 16.7 Å². The predicted octanol–water partition coefficient (Wildman–Crippen LogP) is 4.05. The molecule has 0 aliphatic heterocycles. The molecule has 1 unspecified atom stereocenters. The Kier molecular flexibility index (Phi) is 5.11. The smallest absolute Gasteiger partial charge is 0.0361 e. The Bertz CT molecular complexity index is 526. The number of aromatic nitrogens is 1. The summed E-state index contributed by atoms with van der Waals surface area (Å²) < 4.78 is 1.16. The van der Waals surface area contributed by atoms with Crippen LogP contribution in [0.4, 0.5) is 0 Å². The number of hydrogen-bond donors (Lipinski definition) is 1. The van der Waals surface area contributed by atoms with Crippen molar-refractivity contribution in [2.45, 2.75) is 26.3 Å². The SMILES string of the molecule is CCNC(Cc1cccnc1)c1ccc(Br)c(C)c1. The van der Waals surface area contributed by atoms with Crippen molar-refractivity contribution in [3.63, 3.8) is 0 Å². The van der Waals surface area contributed by atoms with Crippen LogP contribution in [0.25, 0.3) is 0 Å². The molecule has 2 nitrogen and oxygen atoms in total. The van der Waals surface area contributed by atoms with Crippen molar-refractivity contribution < 1.29 is 0 Å². The quantitative estimate of drug-likeness (QED) is 0.899. The maximum atomic E-state index is 4.19. The van der Waals surface area contributed by atoms with Crippen molar-refractivity contribution in [2.75, 3.05) is 6.54 Å². The first-order chi connectivity index (χ1) is 9.20. The minimum Gasteiger partial charge on any atom is -0.310 e. The summed E-state index contributed by atoms with van der Waals surface area (Å²) in [5, 5.41) is 3.55. The highest BCUT2D eigenvalue weighted by molar-refractivity contribution is 9.10. The van der Waals surface area contributed by atoms with Gasteiger partial charge in [0.05, 0.1) is 0 Å². The first-order valence-electron chi connectivity index (χ1n) is 6.59. The maximum absolute atomic E-state index is 4.19. The molecule has 0 saturated heterocycles. The minimum atomic E-state index is 0.334. The first kappa shape index (κ1) is 14.2. The van der Waals surface area contributed by atoms with Gasteiger partial charge in [-0.1, -0.05) is 41.1 Å². The van der Waals surface area contributed by atoms with Gasteiger partial charge in [0.2, 0.25) is 0 Å². The summed E-state index contributed by atoms with van der Waals surface area (Å²) in [6.07, 6.45) is 4.72. The monoisotopic (exact) mass is 318 g/mol. The molecule has 100 valence electrons. The third kappa shape index (κ3) is 3.88. The van der Waals surface area contributed by atoms with Gasteiger partial charge in [-0.05, 0) is 48.7 Å². The summed E-state index contributed by atoms with van der Waals surface area (Å²) in [5.41, 5.74) is 3.85. The van der Waals surface area contributed by atoms with Gasteiger partial charge in [0.25, 0.3) is 0 Å². The number of halogens is 1. The van der Waals surface area contributed by atoms with Crippen molar-refractivity contribution in [3.8, 4) is 0 Å². The molecule has 1 heterocycles. The van der Waals surface area contributed by atoms with Crippen LogP contribution in [0.15, 0.2) is 47.2 Å². The lowest BCUT2D eigenvalue weighted by Gasteiger charge is -2.19. The van der Waals surface area contributed by atoms with Crippen LogP contribution >= 0.6 is 15.9 Å². The lowest BCUT2D eigenvalue weighted by molar-refractivity contribution is 0.549. The standard InChI is InChI=1S/C16H19BrN2/c1-3-19-16(10-13-5-4-8-18-11-13)14-6-7-15(17)12(2)9-14/h4-9,11,16,19H,3,10H2,1-2H3. The third-order valence-corrected chi connectivity index (χ3v) is 4.09. The average molecular weight is 319 g/mol. The van der Waals surface area contributed by atoms with E-state index in [2.05, 4.69) is 64.3 Å². The number of benzene rings is 1. The Hall–Kier alpha value is -1.19. The molecule has 19 heavy (non-hydrogen) atoms. The van der Waals surface area contributed by atoms with Crippen LogP contribution in [-0.4, -0.2) is 11.5 Å². The molecule has 0 aliphatic carbocycles. The Labute approximate surface area is 123 Å². The van der Waals surface area contributed by atoms with Gasteiger partial charge in [-0.3, -0.25) is 4.98 Å². The molecule has 1 N–H and O–H groups in total. The third-order valence-electron chi connectivity index (χ3n) is 3.20. The lowest BCUT2D eigenvalue weighted by Crippen LogP contribution is -2.23. The number of nitrogens with one attached hydrogen (secondary N) is 1. The largest absolute Gasteiger partial charge is 0.310 e. The summed E-state index contributed by atoms with van der Waals surface area (Å²) in [5.74, 6) is 0. The van der Waals surface area contributed by atoms with Gasteiger partial charge in [-0.15, -0.1) is 0 Å². The van der Waals surface area contributed by atoms with Crippen LogP contribution in [0, 0.1) is 6.92 Å². The Balaban J connectivity index is 2.21. The zero-order valence-corrected chi connectivity index (χ0v) is 12.9. The molecule has 0 spiro atoms. The summed E-state index contributed by atoms with van der Waals surface area (Å²) in [6.45, 7) is 5.22. The number of hydrogen-bond acceptors (Lipinski definition) is 2. The molecule has 2 rings (SSSR count). The van der Waals surface area contributed by atoms with Crippen LogP contribution < -0.4 is 5.32 Å². The molecular weight excluding hydrogens is 300 g/mol. The lowest BCUT2D eigenvalue weighted by atomic mass is 9.98. The summed E-state index contributed by atoms with van der Waals surface area (Å²) >= 11 is 3.55. The number of pyridine rings is 1. The van der Waals surface area contributed by atoms with Gasteiger partial charge in [-0.25, -0.2) is 0 Å². The normalized spacial score (nSPS) is 12.4. The number of nitrogens with zero attached hydrogens (tertiary/aromatic N) is 1. The molecule has 1 atom stereocenters. The van der Waals surface area contributed by atoms with Crippen LogP contribution in [0.5, 0.6) is 0 Å². The van der Waals surface area contributed by atoms with E-state index in [4.69, 9.17) is 0 Å². The van der Waals surface area contributed by atoms with Gasteiger partial charge in [-0.2, -0.15) is 0 Å². The summed E-state index contributed by atoms with van der Waals surface area (Å²) in [4.78, 5) is 4.19. The van der Waals surface area contributed by atoms with Crippen LogP contribution in [0.2, 0.25) is 0 Å². The Morgan fingerprint density at radius 1 is 1.32 bits per heavy atom. The molecule has 0 bridgehead atoms. The van der Waals surface area contributed by atoms with Gasteiger partial charge in [0, 0.05) is 22.9 Å². The second kappa shape index (κ2) is 6.83. The molecule has 2 aromatic rings. The number of rotatable bonds is 5. The molecule has 1 aromatic heterocycles. The number of likely N-dealkylation sites (N-methyl/N-ethyl adjacent to an activating group) is 1. The number of aryl methyl sites for hydroxylation is 1. The Morgan fingerprint density at radius 2 is 2.16 bits per heavy atom. The van der Waals surface area contributed by atoms with E-state index in [0.29, 0.717) is 6.04 Å². The van der Waals surface area contributed by atoms with E-state index in [1.54, 1.807) is 0 Å². The van der Waals surface area contributed by atoms with Gasteiger partial charge >= 0.3 is 0 Å². The van der Waals surface area contributed by atoms with Gasteiger partial charge in [0.1, 0.15) is 0 Å². The minimum absolute atomic E-state index is 0.334. The second-order valence-corrected chi connectivity index (χ2v) is 5.54. The molecule has 1 aromatic carbocycles. The van der Waals surface area contributed by atoms with Crippen molar-refractivity contribution in [3.05, 3.63) is 63.9 Å². The van der Waals surface area contributed by atoms with E-state index in [9.17, 15) is 0 Å². The van der Waals surface area contributed by atoms with Crippen molar-refractivity contribution in [1.29, 1.82) is 0 Å². The van der Waals surface area contributed by atoms with Crippen LogP contribution in [0.3, 0.4) is 0 Å². The average Bonchev–Trinajstić information content (AvgIpc) is 2.43. The van der Waals surface area contributed by atoms with Crippen molar-refractivity contribution >= 4 is 15.9 Å². The maximum Gasteiger partial charge on any atom is 0.0361 e. The van der Waals surface area contributed by atoms with Gasteiger partial charge < -0.3 is 5.32 Å². The highest BCUT2D eigenvalue weighted by atomic mass is 79.9. The topological polar surface area (TPSA) is 24.9 Å². The van der Waals surface area contributed by atoms with Crippen molar-refractivity contribution in [2.24, 2.45) is 0 Å². The van der Waals surface area contributed by atoms with E-state index >= 15 is 0 Å². The van der Waals surface area contributed by atoms with Gasteiger partial charge in [0.15, 0.2) is 0 Å². The van der Waals surface area contributed by atoms with E-state index in [0.717, 1.165) is 17.4 Å². The highest BCUT2D eigenvalue weighted by Crippen LogP contribution is 2.23. The molecule has 0 saturated carbocycles. The predicted molar refractivity (Wildman–Crippen MR) is 83.2 cm³/mol. The fourth-order valence-corrected chi connectivity index (χ4v) is 2.44. The second-order valence-electron chi connectivity index (χ2n) is 4.68. The van der Waals surface area contributed by atoms with Crippen LogP contribution in [0.1, 0.15) is 29.7 Å². The van der Waals surface area contributed by atoms with E-state index in [1.807, 2.05) is 18.5 Å².